The van der Waals surface area contributed by atoms with E-state index in [1.54, 1.807) is 76.8 Å². The number of hydrogen-bond acceptors (Lipinski definition) is 17. The van der Waals surface area contributed by atoms with Gasteiger partial charge in [0.25, 0.3) is 0 Å². The molecule has 0 bridgehead atoms. The van der Waals surface area contributed by atoms with Crippen molar-refractivity contribution in [1.82, 2.24) is 29.7 Å². The topological polar surface area (TPSA) is 245 Å². The number of carbonyl (C=O) groups excluding carboxylic acids is 5. The van der Waals surface area contributed by atoms with Crippen LogP contribution < -0.4 is 39.7 Å². The molecule has 0 radical (unpaired) electrons. The number of alkyl halides is 6. The molecule has 28 heteroatoms. The average molecular weight is 1210 g/mol. The number of likely N-dealkylation sites (tertiary alicyclic amines) is 2. The largest absolute Gasteiger partial charge is 0.480 e. The first-order chi connectivity index (χ1) is 40.6. The molecule has 0 saturated carbocycles. The quantitative estimate of drug-likeness (QED) is 0.0380. The monoisotopic (exact) mass is 1210 g/mol. The van der Waals surface area contributed by atoms with Gasteiger partial charge in [0.15, 0.2) is 11.6 Å². The summed E-state index contributed by atoms with van der Waals surface area (Å²) in [7, 11) is 0. The molecule has 0 spiro atoms. The number of terminal acetylenes is 2. The van der Waals surface area contributed by atoms with Crippen LogP contribution in [0.15, 0.2) is 60.9 Å². The molecule has 6 rings (SSSR count). The minimum Gasteiger partial charge on any atom is -0.480 e. The molecule has 22 nitrogen and oxygen atoms in total. The average Bonchev–Trinajstić information content (AvgIpc) is 2.27. The number of halogens is 6. The Labute approximate surface area is 494 Å². The number of hydrogen-bond donors (Lipinski definition) is 3. The van der Waals surface area contributed by atoms with E-state index in [1.165, 1.54) is 12.1 Å². The SMILES string of the molecule is C#CCN(C(=O)C(F)(F)F)c1cnc(N(CC)CC)nc1N[C@@H](Cc1ccc(OC(=O)N2CCCC2)cc1)C(=O)O.C#CCN(C(=O)C(F)(F)F)c1cnc(N(CC)CC)nc1N[C@@H](Cc1ccc(OC(=O)N2CCCC2)cc1)C(=O)OC(C)(C)C. The van der Waals surface area contributed by atoms with E-state index in [-0.39, 0.29) is 52.7 Å². The predicted molar refractivity (Wildman–Crippen MR) is 308 cm³/mol. The Morgan fingerprint density at radius 3 is 1.27 bits per heavy atom. The van der Waals surface area contributed by atoms with Gasteiger partial charge >= 0.3 is 48.3 Å². The number of carboxylic acids is 1. The van der Waals surface area contributed by atoms with Gasteiger partial charge in [0.1, 0.15) is 40.6 Å². The van der Waals surface area contributed by atoms with Crippen LogP contribution >= 0.6 is 0 Å². The van der Waals surface area contributed by atoms with Gasteiger partial charge in [-0.05, 0) is 110 Å². The third-order valence-electron chi connectivity index (χ3n) is 13.1. The number of rotatable bonds is 22. The maximum Gasteiger partial charge on any atom is 0.471 e. The van der Waals surface area contributed by atoms with Crippen molar-refractivity contribution in [3.05, 3.63) is 72.1 Å². The van der Waals surface area contributed by atoms with Crippen molar-refractivity contribution < 1.29 is 74.4 Å². The smallest absolute Gasteiger partial charge is 0.471 e. The number of carboxylic acid groups (broad SMARTS) is 1. The summed E-state index contributed by atoms with van der Waals surface area (Å²) in [5.41, 5.74) is -0.531. The van der Waals surface area contributed by atoms with Crippen molar-refractivity contribution in [2.75, 3.05) is 95.7 Å². The number of nitrogens with zero attached hydrogens (tertiary/aromatic N) is 10. The van der Waals surface area contributed by atoms with E-state index in [2.05, 4.69) is 36.5 Å². The van der Waals surface area contributed by atoms with Gasteiger partial charge in [-0.25, -0.2) is 29.1 Å². The number of esters is 1. The number of aliphatic carboxylic acids is 1. The van der Waals surface area contributed by atoms with Gasteiger partial charge in [-0.3, -0.25) is 19.4 Å². The van der Waals surface area contributed by atoms with Gasteiger partial charge in [0.2, 0.25) is 11.9 Å². The molecule has 2 saturated heterocycles. The highest BCUT2D eigenvalue weighted by Gasteiger charge is 2.45. The van der Waals surface area contributed by atoms with Crippen molar-refractivity contribution in [3.63, 3.8) is 0 Å². The minimum absolute atomic E-state index is 0.00165. The molecule has 0 aliphatic carbocycles. The van der Waals surface area contributed by atoms with Crippen molar-refractivity contribution >= 4 is 70.8 Å². The Balaban J connectivity index is 0.000000315. The zero-order valence-electron chi connectivity index (χ0n) is 48.8. The van der Waals surface area contributed by atoms with Crippen LogP contribution in [0.3, 0.4) is 0 Å². The van der Waals surface area contributed by atoms with E-state index in [1.807, 2.05) is 33.6 Å². The standard InChI is InChI=1S/C31H39F3N6O5.C27H31F3N6O5/c1-7-16-40(27(42)31(32,33)34)24-20-35-28(38(8-2)9-3)37-25(24)36-23(26(41)45-30(4,5)6)19-21-12-14-22(15-13-21)44-29(43)39-17-10-11-18-39;1-4-13-36(24(39)27(28,29)30)21-17-31-25(34(5-2)6-3)33-22(21)32-20(23(37)38)16-18-9-11-19(12-10-18)41-26(40)35-14-7-8-15-35/h1,12-15,20,23H,8-11,16-19H2,2-6H3,(H,35,36,37);1,9-12,17,20H,5-8,13-16H2,2-3H3,(H,37,38)(H,31,32,33)/t23-;20-/m00/s1. The van der Waals surface area contributed by atoms with Gasteiger partial charge in [0, 0.05) is 65.2 Å². The molecular weight excluding hydrogens is 1140 g/mol. The van der Waals surface area contributed by atoms with E-state index in [0.717, 1.165) is 38.1 Å². The second kappa shape index (κ2) is 30.6. The van der Waals surface area contributed by atoms with Crippen molar-refractivity contribution in [2.45, 2.75) is 117 Å². The zero-order valence-corrected chi connectivity index (χ0v) is 48.8. The summed E-state index contributed by atoms with van der Waals surface area (Å²) < 4.78 is 97.3. The number of amides is 4. The Kier molecular flexibility index (Phi) is 24.1. The first-order valence-electron chi connectivity index (χ1n) is 27.6. The van der Waals surface area contributed by atoms with Crippen molar-refractivity contribution in [1.29, 1.82) is 0 Å². The molecule has 86 heavy (non-hydrogen) atoms. The van der Waals surface area contributed by atoms with E-state index < -0.39 is 84.8 Å². The summed E-state index contributed by atoms with van der Waals surface area (Å²) in [4.78, 5) is 99.1. The van der Waals surface area contributed by atoms with Crippen LogP contribution in [0.4, 0.5) is 70.8 Å². The molecule has 3 N–H and O–H groups in total. The molecule has 2 aromatic heterocycles. The van der Waals surface area contributed by atoms with Crippen LogP contribution in [0.2, 0.25) is 0 Å². The molecule has 0 unspecified atom stereocenters. The van der Waals surface area contributed by atoms with Crippen LogP contribution in [0.1, 0.15) is 85.3 Å². The lowest BCUT2D eigenvalue weighted by atomic mass is 10.0. The fourth-order valence-electron chi connectivity index (χ4n) is 8.76. The summed E-state index contributed by atoms with van der Waals surface area (Å²) in [6.07, 6.45) is 4.78. The molecule has 2 aliphatic rings. The summed E-state index contributed by atoms with van der Waals surface area (Å²) in [5, 5.41) is 15.5. The number of ether oxygens (including phenoxy) is 3. The predicted octanol–water partition coefficient (Wildman–Crippen LogP) is 8.36. The summed E-state index contributed by atoms with van der Waals surface area (Å²) in [6, 6.07) is 10.1. The maximum atomic E-state index is 13.6. The summed E-state index contributed by atoms with van der Waals surface area (Å²) >= 11 is 0. The van der Waals surface area contributed by atoms with E-state index in [9.17, 15) is 60.2 Å². The fraction of sp³-hybridized carbons (Fsp3) is 0.483. The molecule has 464 valence electrons. The van der Waals surface area contributed by atoms with E-state index in [0.29, 0.717) is 74.1 Å². The third-order valence-corrected chi connectivity index (χ3v) is 13.1. The van der Waals surface area contributed by atoms with Crippen LogP contribution in [-0.4, -0.2) is 166 Å². The maximum absolute atomic E-state index is 13.6. The number of anilines is 6. The van der Waals surface area contributed by atoms with Crippen molar-refractivity contribution in [2.24, 2.45) is 0 Å². The number of benzene rings is 2. The van der Waals surface area contributed by atoms with Gasteiger partial charge in [-0.15, -0.1) is 12.8 Å². The Morgan fingerprint density at radius 1 is 0.605 bits per heavy atom. The molecule has 2 aromatic carbocycles. The van der Waals surface area contributed by atoms with Crippen LogP contribution in [0.5, 0.6) is 11.5 Å². The lowest BCUT2D eigenvalue weighted by Gasteiger charge is -2.28. The molecule has 4 amide bonds. The highest BCUT2D eigenvalue weighted by Crippen LogP contribution is 2.33. The first-order valence-corrected chi connectivity index (χ1v) is 27.6. The molecule has 4 aromatic rings. The molecular formula is C58H70F6N12O10. The van der Waals surface area contributed by atoms with E-state index >= 15 is 0 Å². The molecule has 2 aliphatic heterocycles. The summed E-state index contributed by atoms with van der Waals surface area (Å²) in [5.74, 6) is -2.06. The van der Waals surface area contributed by atoms with Crippen LogP contribution in [-0.2, 0) is 36.8 Å². The highest BCUT2D eigenvalue weighted by atomic mass is 19.4. The second-order valence-electron chi connectivity index (χ2n) is 20.4. The second-order valence-corrected chi connectivity index (χ2v) is 20.4. The minimum atomic E-state index is -5.25. The Morgan fingerprint density at radius 2 is 0.953 bits per heavy atom. The number of aromatic nitrogens is 4. The Hall–Kier alpha value is -9.08. The third kappa shape index (κ3) is 19.2. The van der Waals surface area contributed by atoms with Gasteiger partial charge in [-0.1, -0.05) is 36.1 Å². The van der Waals surface area contributed by atoms with Gasteiger partial charge in [-0.2, -0.15) is 36.3 Å². The van der Waals surface area contributed by atoms with Gasteiger partial charge < -0.3 is 49.6 Å². The number of nitrogens with one attached hydrogen (secondary N) is 2. The molecule has 2 atom stereocenters. The van der Waals surface area contributed by atoms with Crippen LogP contribution in [0, 0.1) is 24.7 Å². The first kappa shape index (κ1) is 67.7. The van der Waals surface area contributed by atoms with Gasteiger partial charge in [0.05, 0.1) is 25.5 Å². The van der Waals surface area contributed by atoms with Crippen molar-refractivity contribution in [3.8, 4) is 36.2 Å². The highest BCUT2D eigenvalue weighted by molar-refractivity contribution is 6.01. The lowest BCUT2D eigenvalue weighted by molar-refractivity contribution is -0.170. The van der Waals surface area contributed by atoms with E-state index in [4.69, 9.17) is 27.1 Å². The Bertz CT molecular complexity index is 3060. The number of carbonyl (C=O) groups is 6. The molecule has 2 fully saturated rings. The normalized spacial score (nSPS) is 13.8. The van der Waals surface area contributed by atoms with Crippen LogP contribution in [0.25, 0.3) is 0 Å². The zero-order chi connectivity index (χ0) is 63.5. The summed E-state index contributed by atoms with van der Waals surface area (Å²) in [6.45, 7) is 15.3. The molecule has 4 heterocycles. The fourth-order valence-corrected chi connectivity index (χ4v) is 8.76. The lowest BCUT2D eigenvalue weighted by Crippen LogP contribution is -2.43.